The van der Waals surface area contributed by atoms with Crippen molar-refractivity contribution in [1.29, 1.82) is 0 Å². The van der Waals surface area contributed by atoms with Crippen LogP contribution in [0.4, 0.5) is 0 Å². The molecule has 0 spiro atoms. The molecule has 0 atom stereocenters. The zero-order chi connectivity index (χ0) is 72.4. The van der Waals surface area contributed by atoms with Crippen LogP contribution in [0.25, 0.3) is 66.9 Å². The monoisotopic (exact) mass is 1440 g/mol. The summed E-state index contributed by atoms with van der Waals surface area (Å²) in [6.45, 7) is 5.69. The molecule has 0 saturated heterocycles. The van der Waals surface area contributed by atoms with Gasteiger partial charge in [0.25, 0.3) is 0 Å². The Kier molecular flexibility index (Phi) is 30.5. The number of aliphatic hydroxyl groups excluding tert-OH is 3. The van der Waals surface area contributed by atoms with Crippen LogP contribution in [0, 0.1) is 27.7 Å². The fourth-order valence-corrected chi connectivity index (χ4v) is 10.4. The summed E-state index contributed by atoms with van der Waals surface area (Å²) in [7, 11) is 12.6. The maximum atomic E-state index is 11.7. The molecule has 0 radical (unpaired) electrons. The number of carbonyl (C=O) groups excluding carboxylic acids is 5. The van der Waals surface area contributed by atoms with E-state index in [-0.39, 0.29) is 87.8 Å². The molecule has 0 aliphatic heterocycles. The molecule has 0 fully saturated rings. The normalized spacial score (nSPS) is 10.2. The minimum Gasteiger partial charge on any atom is -0.543 e. The average Bonchev–Trinajstić information content (AvgIpc) is 1.75. The van der Waals surface area contributed by atoms with E-state index >= 15 is 0 Å². The third-order valence-corrected chi connectivity index (χ3v) is 15.2. The number of nitrogens with zero attached hydrogens (tertiary/aromatic N) is 21. The fourth-order valence-electron chi connectivity index (χ4n) is 9.11. The Bertz CT molecular complexity index is 4860. The molecule has 514 valence electrons. The van der Waals surface area contributed by atoms with Gasteiger partial charge in [-0.1, -0.05) is 23.5 Å². The van der Waals surface area contributed by atoms with Crippen molar-refractivity contribution in [2.75, 3.05) is 34.0 Å². The molecule has 101 heavy (non-hydrogen) atoms. The van der Waals surface area contributed by atoms with Gasteiger partial charge in [-0.05, 0) is 39.8 Å². The molecule has 0 bridgehead atoms. The smallest absolute Gasteiger partial charge is 0.543 e. The third-order valence-electron chi connectivity index (χ3n) is 13.6. The van der Waals surface area contributed by atoms with Gasteiger partial charge in [-0.15, -0.1) is 21.5 Å². The fraction of sp³-hybridized carbons (Fsp3) is 0.242. The number of methoxy groups -OCH3 is 2. The molecule has 0 saturated carbocycles. The molecule has 12 aromatic rings. The van der Waals surface area contributed by atoms with E-state index < -0.39 is 43.5 Å². The number of aliphatic hydroxyl groups is 3. The number of pyridine rings is 2. The van der Waals surface area contributed by atoms with Crippen LogP contribution in [0.1, 0.15) is 84.3 Å². The molecule has 12 heterocycles. The van der Waals surface area contributed by atoms with Crippen LogP contribution in [0.15, 0.2) is 104 Å². The summed E-state index contributed by atoms with van der Waals surface area (Å²) in [4.78, 5) is 96.9. The number of hydrogen-bond acceptors (Lipinski definition) is 30. The zero-order valence-corrected chi connectivity index (χ0v) is 62.6. The summed E-state index contributed by atoms with van der Waals surface area (Å²) < 4.78 is 18.1. The van der Waals surface area contributed by atoms with Crippen LogP contribution in [0.2, 0.25) is 0 Å². The van der Waals surface area contributed by atoms with Crippen molar-refractivity contribution in [1.82, 2.24) is 104 Å². The van der Waals surface area contributed by atoms with Crippen molar-refractivity contribution in [2.45, 2.75) is 27.7 Å². The van der Waals surface area contributed by atoms with Crippen LogP contribution in [-0.4, -0.2) is 193 Å². The van der Waals surface area contributed by atoms with Crippen molar-refractivity contribution in [3.63, 3.8) is 0 Å². The predicted molar refractivity (Wildman–Crippen MR) is 350 cm³/mol. The second kappa shape index (κ2) is 37.8. The molecule has 0 unspecified atom stereocenters. The number of thiazole rings is 1. The van der Waals surface area contributed by atoms with Gasteiger partial charge in [-0.25, -0.2) is 29.7 Å². The van der Waals surface area contributed by atoms with Crippen LogP contribution in [0.5, 0.6) is 11.8 Å². The molecule has 0 aromatic carbocycles. The second-order valence-electron chi connectivity index (χ2n) is 20.4. The van der Waals surface area contributed by atoms with Crippen molar-refractivity contribution >= 4 is 57.9 Å². The van der Waals surface area contributed by atoms with Gasteiger partial charge in [0, 0.05) is 88.9 Å². The van der Waals surface area contributed by atoms with E-state index in [0.717, 1.165) is 21.4 Å². The summed E-state index contributed by atoms with van der Waals surface area (Å²) in [5.41, 5.74) is 8.69. The minimum absolute atomic E-state index is 0. The first-order valence-electron chi connectivity index (χ1n) is 28.8. The van der Waals surface area contributed by atoms with Gasteiger partial charge < -0.3 is 49.7 Å². The van der Waals surface area contributed by atoms with Gasteiger partial charge in [-0.3, -0.25) is 52.4 Å². The van der Waals surface area contributed by atoms with E-state index in [2.05, 4.69) is 75.7 Å². The molecule has 35 nitrogen and oxygen atoms in total. The second-order valence-corrected chi connectivity index (χ2v) is 22.7. The summed E-state index contributed by atoms with van der Waals surface area (Å²) in [5.74, 6) is -3.84. The van der Waals surface area contributed by atoms with Crippen molar-refractivity contribution in [3.05, 3.63) is 159 Å². The number of carboxylic acids is 3. The van der Waals surface area contributed by atoms with Gasteiger partial charge >= 0.3 is 65.1 Å². The Hall–Kier alpha value is -10.2. The molecule has 12 rings (SSSR count). The summed E-state index contributed by atoms with van der Waals surface area (Å²) in [6, 6.07) is 10.3. The average molecular weight is 1440 g/mol. The van der Waals surface area contributed by atoms with E-state index in [0.29, 0.717) is 95.7 Å². The molecule has 39 heteroatoms. The third kappa shape index (κ3) is 20.5. The molecular weight excluding hydrogens is 1370 g/mol. The first kappa shape index (κ1) is 81.5. The molecule has 0 aliphatic rings. The van der Waals surface area contributed by atoms with E-state index in [1.807, 2.05) is 26.2 Å². The van der Waals surface area contributed by atoms with Gasteiger partial charge in [0.2, 0.25) is 29.1 Å². The van der Waals surface area contributed by atoms with Crippen LogP contribution >= 0.6 is 22.7 Å². The van der Waals surface area contributed by atoms with Crippen molar-refractivity contribution < 1.29 is 128 Å². The zero-order valence-electron chi connectivity index (χ0n) is 57.0. The Balaban J connectivity index is 0.000000218. The largest absolute Gasteiger partial charge is 1.00 e. The number of aromatic nitrogens is 21. The van der Waals surface area contributed by atoms with Crippen molar-refractivity contribution in [3.8, 4) is 78.6 Å². The number of ketones is 3. The molecule has 0 aliphatic carbocycles. The Labute approximate surface area is 626 Å². The molecular formula is C62H63N21Na2O14S2. The SMILES string of the molecule is COc1cccc(-c2cnn(C)c2C(=O)CO)n1.COc1cccc(-c2cnn(C)c2C(=O)[O-])n1.Cc1cncc(-c2cnn(C)c2C(=O)CO)n1.Cc1cncc(-c2cnn(C)c2C(=O)[O-])n1.Cc1nc(-c2cnn(C)c2C(=O)CO)cs1.Cc1nnc(-c2cnn(C)c2C(=O)O)s1.[Na+].[Na+]. The first-order valence-corrected chi connectivity index (χ1v) is 30.5. The number of Topliss-reactive ketones (excluding diaryl/α,β-unsaturated/α-hetero) is 3. The Morgan fingerprint density at radius 2 is 0.772 bits per heavy atom. The van der Waals surface area contributed by atoms with Gasteiger partial charge in [-0.2, -0.15) is 30.6 Å². The summed E-state index contributed by atoms with van der Waals surface area (Å²) in [6.07, 6.45) is 15.3. The minimum atomic E-state index is -1.29. The number of ether oxygens (including phenoxy) is 2. The Morgan fingerprint density at radius 1 is 0.426 bits per heavy atom. The number of carboxylic acid groups (broad SMARTS) is 3. The molecule has 12 aromatic heterocycles. The van der Waals surface area contributed by atoms with E-state index in [4.69, 9.17) is 29.9 Å². The topological polar surface area (TPSA) is 471 Å². The van der Waals surface area contributed by atoms with E-state index in [1.165, 1.54) is 104 Å². The van der Waals surface area contributed by atoms with Gasteiger partial charge in [0.1, 0.15) is 41.9 Å². The maximum absolute atomic E-state index is 11.7. The standard InChI is InChI=1S/C12H13N3O3.C11H12N4O2.C11H11N3O3.C10H10N4O2.C10H11N3O2S.C8H8N4O2S.2Na/c1-15-12(10(17)7-16)8(6-13-15)9-4-3-5-11(14-9)18-2;1-7-3-12-5-9(14-7)8-4-13-15(2)11(8)10(17)6-16;1-14-10(11(15)16)7(6-12-14)8-4-3-5-9(13-8)17-2;1-6-3-11-5-8(13-6)7-4-12-14(2)9(7)10(15)16;1-6-12-8(5-16-6)7-3-11-13(2)10(7)9(15)4-14;1-4-10-11-7(15-4)5-3-9-12(2)6(5)8(13)14;;/h3-6,16H,7H2,1-2H3;3-5,16H,6H2,1-2H3;3-6H,1-2H3,(H,15,16);3-5H,1-2H3,(H,15,16);3,5,14H,4H2,1-2H3;3H,1-2H3,(H,13,14);;/q;;;;;;2*+1/p-2. The van der Waals surface area contributed by atoms with E-state index in [1.54, 1.807) is 109 Å². The molecule has 0 amide bonds. The maximum Gasteiger partial charge on any atom is 1.00 e. The van der Waals surface area contributed by atoms with Gasteiger partial charge in [0.05, 0.1) is 149 Å². The number of carbonyl (C=O) groups is 6. The molecule has 4 N–H and O–H groups in total. The van der Waals surface area contributed by atoms with Crippen LogP contribution in [-0.2, 0) is 42.3 Å². The summed E-state index contributed by atoms with van der Waals surface area (Å²) in [5, 5.41) is 93.4. The van der Waals surface area contributed by atoms with E-state index in [9.17, 15) is 39.0 Å². The quantitative estimate of drug-likeness (QED) is 0.0506. The predicted octanol–water partition coefficient (Wildman–Crippen LogP) is -3.59. The Morgan fingerprint density at radius 3 is 1.10 bits per heavy atom. The van der Waals surface area contributed by atoms with Crippen LogP contribution < -0.4 is 78.8 Å². The number of hydrogen-bond donors (Lipinski definition) is 4. The number of rotatable bonds is 17. The summed E-state index contributed by atoms with van der Waals surface area (Å²) >= 11 is 2.86. The van der Waals surface area contributed by atoms with Crippen molar-refractivity contribution in [2.24, 2.45) is 42.3 Å². The number of aromatic carboxylic acids is 3. The first-order chi connectivity index (χ1) is 47.2. The number of aryl methyl sites for hydroxylation is 10. The van der Waals surface area contributed by atoms with Gasteiger partial charge in [0.15, 0.2) is 10.7 Å². The van der Waals surface area contributed by atoms with Crippen LogP contribution in [0.3, 0.4) is 0 Å².